The highest BCUT2D eigenvalue weighted by atomic mass is 35.5. The maximum absolute atomic E-state index is 12.4. The van der Waals surface area contributed by atoms with Crippen LogP contribution in [-0.2, 0) is 0 Å². The van der Waals surface area contributed by atoms with Crippen molar-refractivity contribution in [2.24, 2.45) is 5.92 Å². The first-order valence-electron chi connectivity index (χ1n) is 8.11. The predicted molar refractivity (Wildman–Crippen MR) is 91.5 cm³/mol. The Morgan fingerprint density at radius 2 is 1.96 bits per heavy atom. The minimum atomic E-state index is -0.0211. The molecule has 1 aromatic heterocycles. The van der Waals surface area contributed by atoms with Gasteiger partial charge in [0.05, 0.1) is 6.20 Å². The summed E-state index contributed by atoms with van der Waals surface area (Å²) in [5.41, 5.74) is 0.646. The van der Waals surface area contributed by atoms with Crippen molar-refractivity contribution in [3.8, 4) is 11.5 Å². The van der Waals surface area contributed by atoms with E-state index in [2.05, 4.69) is 15.6 Å². The molecule has 5 nitrogen and oxygen atoms in total. The number of carbonyl (C=O) groups excluding carboxylic acids is 1. The Morgan fingerprint density at radius 1 is 1.17 bits per heavy atom. The van der Waals surface area contributed by atoms with Crippen molar-refractivity contribution in [2.75, 3.05) is 6.54 Å². The van der Waals surface area contributed by atoms with Crippen molar-refractivity contribution in [1.29, 1.82) is 0 Å². The van der Waals surface area contributed by atoms with Crippen LogP contribution in [0.25, 0.3) is 0 Å². The standard InChI is InChI=1S/C18H18ClN3O2/c19-17-6-5-15(10-21-17)24-14-3-1-11(2-4-14)18(23)22-16-8-13-7-12(16)9-20-13/h1-6,10,12-13,16,20H,7-9H2,(H,22,23). The summed E-state index contributed by atoms with van der Waals surface area (Å²) in [6, 6.07) is 11.4. The predicted octanol–water partition coefficient (Wildman–Crippen LogP) is 3.01. The van der Waals surface area contributed by atoms with Crippen LogP contribution >= 0.6 is 11.6 Å². The van der Waals surface area contributed by atoms with Crippen LogP contribution in [-0.4, -0.2) is 29.5 Å². The third-order valence-electron chi connectivity index (χ3n) is 4.73. The fourth-order valence-corrected chi connectivity index (χ4v) is 3.61. The molecule has 1 saturated heterocycles. The Morgan fingerprint density at radius 3 is 2.58 bits per heavy atom. The average Bonchev–Trinajstić information content (AvgIpc) is 3.20. The molecule has 2 bridgehead atoms. The van der Waals surface area contributed by atoms with Gasteiger partial charge in [-0.05, 0) is 55.2 Å². The third kappa shape index (κ3) is 3.23. The number of ether oxygens (including phenoxy) is 1. The van der Waals surface area contributed by atoms with Gasteiger partial charge >= 0.3 is 0 Å². The molecule has 1 amide bonds. The first-order valence-corrected chi connectivity index (χ1v) is 8.49. The number of fused-ring (bicyclic) bond motifs is 2. The van der Waals surface area contributed by atoms with Crippen molar-refractivity contribution < 1.29 is 9.53 Å². The molecule has 0 radical (unpaired) electrons. The first kappa shape index (κ1) is 15.4. The van der Waals surface area contributed by atoms with Crippen LogP contribution in [0.1, 0.15) is 23.2 Å². The molecule has 2 fully saturated rings. The molecular formula is C18H18ClN3O2. The minimum Gasteiger partial charge on any atom is -0.456 e. The molecule has 2 heterocycles. The Balaban J connectivity index is 1.38. The van der Waals surface area contributed by atoms with E-state index in [1.54, 1.807) is 42.6 Å². The Labute approximate surface area is 145 Å². The summed E-state index contributed by atoms with van der Waals surface area (Å²) in [7, 11) is 0. The summed E-state index contributed by atoms with van der Waals surface area (Å²) in [4.78, 5) is 16.4. The normalized spacial score (nSPS) is 24.8. The number of rotatable bonds is 4. The number of nitrogens with zero attached hydrogens (tertiary/aromatic N) is 1. The summed E-state index contributed by atoms with van der Waals surface area (Å²) in [6.07, 6.45) is 3.76. The van der Waals surface area contributed by atoms with E-state index in [4.69, 9.17) is 16.3 Å². The number of aromatic nitrogens is 1. The zero-order chi connectivity index (χ0) is 16.5. The van der Waals surface area contributed by atoms with Gasteiger partial charge < -0.3 is 15.4 Å². The number of halogens is 1. The van der Waals surface area contributed by atoms with Gasteiger partial charge in [0.2, 0.25) is 0 Å². The van der Waals surface area contributed by atoms with Gasteiger partial charge in [-0.3, -0.25) is 4.79 Å². The van der Waals surface area contributed by atoms with E-state index in [9.17, 15) is 4.79 Å². The maximum atomic E-state index is 12.4. The zero-order valence-corrected chi connectivity index (χ0v) is 13.8. The van der Waals surface area contributed by atoms with Crippen molar-refractivity contribution in [3.63, 3.8) is 0 Å². The molecule has 1 aliphatic carbocycles. The number of nitrogens with one attached hydrogen (secondary N) is 2. The summed E-state index contributed by atoms with van der Waals surface area (Å²) in [5.74, 6) is 1.80. The fourth-order valence-electron chi connectivity index (χ4n) is 3.50. The summed E-state index contributed by atoms with van der Waals surface area (Å²) < 4.78 is 5.68. The van der Waals surface area contributed by atoms with E-state index in [1.807, 2.05) is 0 Å². The quantitative estimate of drug-likeness (QED) is 0.838. The summed E-state index contributed by atoms with van der Waals surface area (Å²) in [6.45, 7) is 1.01. The second-order valence-corrected chi connectivity index (χ2v) is 6.75. The topological polar surface area (TPSA) is 63.2 Å². The van der Waals surface area contributed by atoms with Crippen molar-refractivity contribution in [1.82, 2.24) is 15.6 Å². The van der Waals surface area contributed by atoms with Crippen LogP contribution in [0.3, 0.4) is 0 Å². The van der Waals surface area contributed by atoms with E-state index in [0.29, 0.717) is 40.2 Å². The smallest absolute Gasteiger partial charge is 0.251 e. The lowest BCUT2D eigenvalue weighted by molar-refractivity contribution is 0.0925. The summed E-state index contributed by atoms with van der Waals surface area (Å²) in [5, 5.41) is 7.03. The third-order valence-corrected chi connectivity index (χ3v) is 4.96. The van der Waals surface area contributed by atoms with E-state index in [1.165, 1.54) is 6.42 Å². The molecule has 1 aromatic carbocycles. The minimum absolute atomic E-state index is 0.0211. The van der Waals surface area contributed by atoms with Crippen LogP contribution < -0.4 is 15.4 Å². The van der Waals surface area contributed by atoms with E-state index >= 15 is 0 Å². The molecule has 4 rings (SSSR count). The largest absolute Gasteiger partial charge is 0.456 e. The van der Waals surface area contributed by atoms with Crippen molar-refractivity contribution in [3.05, 3.63) is 53.3 Å². The first-order chi connectivity index (χ1) is 11.7. The number of benzene rings is 1. The van der Waals surface area contributed by atoms with Gasteiger partial charge in [0, 0.05) is 24.2 Å². The monoisotopic (exact) mass is 343 g/mol. The Bertz CT molecular complexity index is 733. The molecule has 3 unspecified atom stereocenters. The van der Waals surface area contributed by atoms with Gasteiger partial charge in [-0.15, -0.1) is 0 Å². The molecule has 2 aliphatic rings. The van der Waals surface area contributed by atoms with Gasteiger partial charge in [0.15, 0.2) is 0 Å². The van der Waals surface area contributed by atoms with E-state index < -0.39 is 0 Å². The zero-order valence-electron chi connectivity index (χ0n) is 13.0. The molecule has 0 spiro atoms. The molecule has 24 heavy (non-hydrogen) atoms. The number of pyridine rings is 1. The van der Waals surface area contributed by atoms with Crippen molar-refractivity contribution in [2.45, 2.75) is 24.9 Å². The number of carbonyl (C=O) groups is 1. The van der Waals surface area contributed by atoms with Gasteiger partial charge in [-0.2, -0.15) is 0 Å². The average molecular weight is 344 g/mol. The SMILES string of the molecule is O=C(NC1CC2CC1CN2)c1ccc(Oc2ccc(Cl)nc2)cc1. The van der Waals surface area contributed by atoms with Gasteiger partial charge in [-0.1, -0.05) is 11.6 Å². The van der Waals surface area contributed by atoms with E-state index in [-0.39, 0.29) is 5.91 Å². The number of piperidine rings is 1. The maximum Gasteiger partial charge on any atom is 0.251 e. The van der Waals surface area contributed by atoms with Crippen LogP contribution in [0.5, 0.6) is 11.5 Å². The highest BCUT2D eigenvalue weighted by Crippen LogP contribution is 2.31. The lowest BCUT2D eigenvalue weighted by Crippen LogP contribution is -2.44. The van der Waals surface area contributed by atoms with Gasteiger partial charge in [0.1, 0.15) is 16.7 Å². The highest BCUT2D eigenvalue weighted by molar-refractivity contribution is 6.29. The molecule has 6 heteroatoms. The van der Waals surface area contributed by atoms with Gasteiger partial charge in [0.25, 0.3) is 5.91 Å². The van der Waals surface area contributed by atoms with E-state index in [0.717, 1.165) is 13.0 Å². The van der Waals surface area contributed by atoms with Crippen LogP contribution in [0, 0.1) is 5.92 Å². The second-order valence-electron chi connectivity index (χ2n) is 6.36. The van der Waals surface area contributed by atoms with Gasteiger partial charge in [-0.25, -0.2) is 4.98 Å². The number of amides is 1. The Kier molecular flexibility index (Phi) is 4.12. The molecule has 3 atom stereocenters. The van der Waals surface area contributed by atoms with Crippen molar-refractivity contribution >= 4 is 17.5 Å². The molecule has 1 aliphatic heterocycles. The number of hydrogen-bond donors (Lipinski definition) is 2. The lowest BCUT2D eigenvalue weighted by Gasteiger charge is -2.23. The molecular weight excluding hydrogens is 326 g/mol. The number of hydrogen-bond acceptors (Lipinski definition) is 4. The van der Waals surface area contributed by atoms with Crippen LogP contribution in [0.15, 0.2) is 42.6 Å². The molecule has 124 valence electrons. The second kappa shape index (κ2) is 6.42. The lowest BCUT2D eigenvalue weighted by atomic mass is 10.0. The molecule has 2 N–H and O–H groups in total. The summed E-state index contributed by atoms with van der Waals surface area (Å²) >= 11 is 5.75. The molecule has 1 saturated carbocycles. The molecule has 2 aromatic rings. The van der Waals surface area contributed by atoms with Crippen LogP contribution in [0.4, 0.5) is 0 Å². The fraction of sp³-hybridized carbons (Fsp3) is 0.333. The highest BCUT2D eigenvalue weighted by Gasteiger charge is 2.39. The Hall–Kier alpha value is -2.11. The van der Waals surface area contributed by atoms with Crippen LogP contribution in [0.2, 0.25) is 5.15 Å².